The van der Waals surface area contributed by atoms with Gasteiger partial charge in [0.2, 0.25) is 16.0 Å². The Morgan fingerprint density at radius 1 is 0.935 bits per heavy atom. The van der Waals surface area contributed by atoms with Crippen molar-refractivity contribution in [3.63, 3.8) is 0 Å². The Kier molecular flexibility index (Phi) is 5.34. The smallest absolute Gasteiger partial charge is 0.240 e. The van der Waals surface area contributed by atoms with Gasteiger partial charge in [-0.15, -0.1) is 0 Å². The van der Waals surface area contributed by atoms with Crippen molar-refractivity contribution in [2.45, 2.75) is 18.7 Å². The van der Waals surface area contributed by atoms with Gasteiger partial charge >= 0.3 is 0 Å². The number of hydrogen-bond acceptors (Lipinski definition) is 7. The maximum atomic E-state index is 12.2. The Morgan fingerprint density at radius 3 is 2.45 bits per heavy atom. The molecule has 31 heavy (non-hydrogen) atoms. The van der Waals surface area contributed by atoms with E-state index in [0.29, 0.717) is 23.0 Å². The summed E-state index contributed by atoms with van der Waals surface area (Å²) < 4.78 is 28.6. The fourth-order valence-corrected chi connectivity index (χ4v) is 4.19. The molecule has 4 aromatic rings. The summed E-state index contributed by atoms with van der Waals surface area (Å²) in [5, 5.41) is 11.7. The summed E-state index contributed by atoms with van der Waals surface area (Å²) in [6, 6.07) is 11.1. The molecule has 0 radical (unpaired) electrons. The molecule has 2 heterocycles. The average molecular weight is 438 g/mol. The van der Waals surface area contributed by atoms with E-state index < -0.39 is 10.0 Å². The first-order valence-corrected chi connectivity index (χ1v) is 11.1. The summed E-state index contributed by atoms with van der Waals surface area (Å²) in [5.41, 5.74) is 3.98. The first kappa shape index (κ1) is 20.8. The molecule has 0 aliphatic heterocycles. The Bertz CT molecular complexity index is 1380. The fraction of sp³-hybridized carbons (Fsp3) is 0.190. The fourth-order valence-electron chi connectivity index (χ4n) is 3.19. The number of sulfonamides is 1. The highest BCUT2D eigenvalue weighted by atomic mass is 32.2. The van der Waals surface area contributed by atoms with Crippen LogP contribution in [0.15, 0.2) is 53.7 Å². The molecule has 0 saturated heterocycles. The quantitative estimate of drug-likeness (QED) is 0.424. The second kappa shape index (κ2) is 7.97. The van der Waals surface area contributed by atoms with E-state index >= 15 is 0 Å². The lowest BCUT2D eigenvalue weighted by Crippen LogP contribution is -2.19. The van der Waals surface area contributed by atoms with E-state index in [9.17, 15) is 8.42 Å². The van der Waals surface area contributed by atoms with Crippen LogP contribution < -0.4 is 15.4 Å². The van der Waals surface area contributed by atoms with Gasteiger partial charge < -0.3 is 10.6 Å². The van der Waals surface area contributed by atoms with Crippen LogP contribution in [0, 0.1) is 13.8 Å². The molecule has 0 atom stereocenters. The highest BCUT2D eigenvalue weighted by Crippen LogP contribution is 2.25. The maximum absolute atomic E-state index is 12.2. The standard InChI is InChI=1S/C21H23N7O2S/c1-13-5-7-17(10-19(13)31(29,30)22-3)26-21-23-11-14(2)20(27-21)25-16-8-6-15-12-24-28(4)18(15)9-16/h5-12,22H,1-4H3,(H2,23,25,26,27). The van der Waals surface area contributed by atoms with E-state index in [0.717, 1.165) is 22.2 Å². The van der Waals surface area contributed by atoms with Crippen molar-refractivity contribution >= 4 is 44.1 Å². The number of aromatic nitrogens is 4. The van der Waals surface area contributed by atoms with Crippen LogP contribution in [0.3, 0.4) is 0 Å². The molecule has 0 aliphatic rings. The van der Waals surface area contributed by atoms with Gasteiger partial charge in [0.15, 0.2) is 0 Å². The number of nitrogens with zero attached hydrogens (tertiary/aromatic N) is 4. The highest BCUT2D eigenvalue weighted by Gasteiger charge is 2.15. The van der Waals surface area contributed by atoms with E-state index in [1.165, 1.54) is 7.05 Å². The van der Waals surface area contributed by atoms with E-state index in [4.69, 9.17) is 0 Å². The molecular formula is C21H23N7O2S. The molecule has 0 aliphatic carbocycles. The Morgan fingerprint density at radius 2 is 1.68 bits per heavy atom. The van der Waals surface area contributed by atoms with E-state index in [2.05, 4.69) is 30.4 Å². The number of benzene rings is 2. The Labute approximate surface area is 180 Å². The van der Waals surface area contributed by atoms with Crippen LogP contribution in [0.5, 0.6) is 0 Å². The normalized spacial score (nSPS) is 11.6. The molecule has 2 aromatic heterocycles. The van der Waals surface area contributed by atoms with E-state index in [1.807, 2.05) is 43.0 Å². The van der Waals surface area contributed by atoms with Crippen LogP contribution in [0.2, 0.25) is 0 Å². The number of rotatable bonds is 6. The summed E-state index contributed by atoms with van der Waals surface area (Å²) in [6.07, 6.45) is 3.53. The second-order valence-corrected chi connectivity index (χ2v) is 9.06. The second-order valence-electron chi connectivity index (χ2n) is 7.20. The van der Waals surface area contributed by atoms with Crippen molar-refractivity contribution in [2.75, 3.05) is 17.7 Å². The predicted octanol–water partition coefficient (Wildman–Crippen LogP) is 3.38. The molecule has 4 rings (SSSR count). The number of fused-ring (bicyclic) bond motifs is 1. The molecule has 160 valence electrons. The van der Waals surface area contributed by atoms with Gasteiger partial charge in [-0.25, -0.2) is 18.1 Å². The van der Waals surface area contributed by atoms with E-state index in [-0.39, 0.29) is 4.90 Å². The summed E-state index contributed by atoms with van der Waals surface area (Å²) in [5.74, 6) is 1.00. The van der Waals surface area contributed by atoms with Crippen LogP contribution in [0.4, 0.5) is 23.1 Å². The number of anilines is 4. The molecule has 0 fully saturated rings. The van der Waals surface area contributed by atoms with Crippen molar-refractivity contribution < 1.29 is 8.42 Å². The zero-order valence-corrected chi connectivity index (χ0v) is 18.4. The van der Waals surface area contributed by atoms with Crippen molar-refractivity contribution in [3.8, 4) is 0 Å². The largest absolute Gasteiger partial charge is 0.340 e. The van der Waals surface area contributed by atoms with Crippen molar-refractivity contribution in [2.24, 2.45) is 7.05 Å². The van der Waals surface area contributed by atoms with Gasteiger partial charge in [-0.05, 0) is 56.8 Å². The van der Waals surface area contributed by atoms with Gasteiger partial charge in [0, 0.05) is 35.6 Å². The van der Waals surface area contributed by atoms with Crippen LogP contribution in [0.25, 0.3) is 10.9 Å². The zero-order chi connectivity index (χ0) is 22.2. The van der Waals surface area contributed by atoms with Gasteiger partial charge in [0.25, 0.3) is 0 Å². The molecule has 0 unspecified atom stereocenters. The van der Waals surface area contributed by atoms with Gasteiger partial charge in [0.1, 0.15) is 5.82 Å². The molecule has 9 nitrogen and oxygen atoms in total. The summed E-state index contributed by atoms with van der Waals surface area (Å²) >= 11 is 0. The van der Waals surface area contributed by atoms with Crippen molar-refractivity contribution in [3.05, 3.63) is 59.9 Å². The SMILES string of the molecule is CNS(=O)(=O)c1cc(Nc2ncc(C)c(Nc3ccc4cnn(C)c4c3)n2)ccc1C. The third-order valence-corrected chi connectivity index (χ3v) is 6.54. The van der Waals surface area contributed by atoms with Gasteiger partial charge in [0.05, 0.1) is 16.6 Å². The molecule has 0 spiro atoms. The van der Waals surface area contributed by atoms with Crippen LogP contribution in [-0.2, 0) is 17.1 Å². The molecule has 10 heteroatoms. The van der Waals surface area contributed by atoms with E-state index in [1.54, 1.807) is 31.3 Å². The lowest BCUT2D eigenvalue weighted by atomic mass is 10.2. The third kappa shape index (κ3) is 4.21. The first-order valence-electron chi connectivity index (χ1n) is 9.60. The Hall–Kier alpha value is -3.50. The zero-order valence-electron chi connectivity index (χ0n) is 17.6. The average Bonchev–Trinajstić information content (AvgIpc) is 3.12. The van der Waals surface area contributed by atoms with Gasteiger partial charge in [-0.1, -0.05) is 6.07 Å². The van der Waals surface area contributed by atoms with Gasteiger partial charge in [-0.3, -0.25) is 4.68 Å². The summed E-state index contributed by atoms with van der Waals surface area (Å²) in [7, 11) is -0.282. The topological polar surface area (TPSA) is 114 Å². The number of aryl methyl sites for hydroxylation is 3. The lowest BCUT2D eigenvalue weighted by Gasteiger charge is -2.13. The van der Waals surface area contributed by atoms with Crippen molar-refractivity contribution in [1.82, 2.24) is 24.5 Å². The predicted molar refractivity (Wildman–Crippen MR) is 121 cm³/mol. The molecular weight excluding hydrogens is 414 g/mol. The summed E-state index contributed by atoms with van der Waals surface area (Å²) in [4.78, 5) is 9.09. The molecule has 0 amide bonds. The maximum Gasteiger partial charge on any atom is 0.240 e. The molecule has 0 saturated carbocycles. The minimum atomic E-state index is -3.57. The van der Waals surface area contributed by atoms with Gasteiger partial charge in [-0.2, -0.15) is 10.1 Å². The number of hydrogen-bond donors (Lipinski definition) is 3. The summed E-state index contributed by atoms with van der Waals surface area (Å²) in [6.45, 7) is 3.66. The minimum Gasteiger partial charge on any atom is -0.340 e. The van der Waals surface area contributed by atoms with Crippen LogP contribution in [0.1, 0.15) is 11.1 Å². The molecule has 3 N–H and O–H groups in total. The monoisotopic (exact) mass is 437 g/mol. The first-order chi connectivity index (χ1) is 14.8. The minimum absolute atomic E-state index is 0.204. The molecule has 2 aromatic carbocycles. The van der Waals surface area contributed by atoms with Crippen LogP contribution >= 0.6 is 0 Å². The van der Waals surface area contributed by atoms with Crippen LogP contribution in [-0.4, -0.2) is 35.2 Å². The lowest BCUT2D eigenvalue weighted by molar-refractivity contribution is 0.587. The number of nitrogens with one attached hydrogen (secondary N) is 3. The molecule has 0 bridgehead atoms. The highest BCUT2D eigenvalue weighted by molar-refractivity contribution is 7.89. The third-order valence-electron chi connectivity index (χ3n) is 4.99. The Balaban J connectivity index is 1.62. The van der Waals surface area contributed by atoms with Crippen molar-refractivity contribution in [1.29, 1.82) is 0 Å².